The maximum atomic E-state index is 11.5. The predicted octanol–water partition coefficient (Wildman–Crippen LogP) is 3.64. The van der Waals surface area contributed by atoms with Gasteiger partial charge >= 0.3 is 5.97 Å². The van der Waals surface area contributed by atoms with Crippen LogP contribution in [0.25, 0.3) is 0 Å². The van der Waals surface area contributed by atoms with E-state index in [1.165, 1.54) is 0 Å². The summed E-state index contributed by atoms with van der Waals surface area (Å²) in [4.78, 5) is 15.5. The highest BCUT2D eigenvalue weighted by atomic mass is 79.9. The first-order valence-corrected chi connectivity index (χ1v) is 5.72. The third kappa shape index (κ3) is 2.62. The van der Waals surface area contributed by atoms with Crippen molar-refractivity contribution in [2.24, 2.45) is 0 Å². The summed E-state index contributed by atoms with van der Waals surface area (Å²) >= 11 is 14.9. The summed E-state index contributed by atoms with van der Waals surface area (Å²) in [5.74, 6) is -0.495. The van der Waals surface area contributed by atoms with Crippen LogP contribution in [0.3, 0.4) is 0 Å². The van der Waals surface area contributed by atoms with Gasteiger partial charge in [0.15, 0.2) is 0 Å². The summed E-state index contributed by atoms with van der Waals surface area (Å²) in [5, 5.41) is 0.455. The van der Waals surface area contributed by atoms with Gasteiger partial charge in [0, 0.05) is 0 Å². The van der Waals surface area contributed by atoms with Gasteiger partial charge in [0.05, 0.1) is 21.8 Å². The van der Waals surface area contributed by atoms with Gasteiger partial charge in [-0.2, -0.15) is 0 Å². The number of hydrogen-bond donors (Lipinski definition) is 0. The fourth-order valence-corrected chi connectivity index (χ4v) is 1.91. The molecule has 0 aliphatic carbocycles. The lowest BCUT2D eigenvalue weighted by molar-refractivity contribution is 0.0525. The highest BCUT2D eigenvalue weighted by molar-refractivity contribution is 9.10. The van der Waals surface area contributed by atoms with E-state index < -0.39 is 5.97 Å². The molecule has 0 aromatic carbocycles. The van der Waals surface area contributed by atoms with Crippen LogP contribution < -0.4 is 0 Å². The normalized spacial score (nSPS) is 10.2. The number of aryl methyl sites for hydroxylation is 1. The number of halogens is 3. The summed E-state index contributed by atoms with van der Waals surface area (Å²) in [7, 11) is 0. The summed E-state index contributed by atoms with van der Waals surface area (Å²) < 4.78 is 5.26. The minimum Gasteiger partial charge on any atom is -0.462 e. The molecule has 15 heavy (non-hydrogen) atoms. The number of esters is 1. The maximum absolute atomic E-state index is 11.5. The molecule has 0 N–H and O–H groups in total. The zero-order chi connectivity index (χ0) is 11.6. The largest absolute Gasteiger partial charge is 0.462 e. The zero-order valence-corrected chi connectivity index (χ0v) is 11.2. The maximum Gasteiger partial charge on any atom is 0.341 e. The van der Waals surface area contributed by atoms with Crippen molar-refractivity contribution in [3.63, 3.8) is 0 Å². The van der Waals surface area contributed by atoms with E-state index in [1.54, 1.807) is 13.8 Å². The lowest BCUT2D eigenvalue weighted by Gasteiger charge is -2.09. The molecule has 0 aliphatic heterocycles. The van der Waals surface area contributed by atoms with Crippen molar-refractivity contribution in [3.05, 3.63) is 25.9 Å². The van der Waals surface area contributed by atoms with Crippen LogP contribution in [0.5, 0.6) is 0 Å². The molecule has 0 saturated heterocycles. The molecular formula is C9H8BrCl2NO2. The number of rotatable bonds is 2. The van der Waals surface area contributed by atoms with Crippen LogP contribution in [0.1, 0.15) is 23.0 Å². The van der Waals surface area contributed by atoms with Crippen LogP contribution in [-0.4, -0.2) is 17.6 Å². The number of nitrogens with zero attached hydrogens (tertiary/aromatic N) is 1. The van der Waals surface area contributed by atoms with Gasteiger partial charge in [-0.1, -0.05) is 23.2 Å². The number of carbonyl (C=O) groups is 1. The lowest BCUT2D eigenvalue weighted by atomic mass is 10.2. The van der Waals surface area contributed by atoms with E-state index in [0.717, 1.165) is 0 Å². The Morgan fingerprint density at radius 1 is 1.53 bits per heavy atom. The minimum absolute atomic E-state index is 0.227. The summed E-state index contributed by atoms with van der Waals surface area (Å²) in [6, 6.07) is 0. The van der Waals surface area contributed by atoms with Crippen molar-refractivity contribution in [2.75, 3.05) is 6.61 Å². The van der Waals surface area contributed by atoms with Crippen LogP contribution in [0.4, 0.5) is 0 Å². The van der Waals surface area contributed by atoms with E-state index in [1.807, 2.05) is 0 Å². The molecule has 0 unspecified atom stereocenters. The molecule has 1 rings (SSSR count). The summed E-state index contributed by atoms with van der Waals surface area (Å²) in [6.07, 6.45) is 0. The first-order valence-electron chi connectivity index (χ1n) is 4.17. The topological polar surface area (TPSA) is 39.2 Å². The second-order valence-electron chi connectivity index (χ2n) is 2.71. The van der Waals surface area contributed by atoms with E-state index in [-0.39, 0.29) is 22.3 Å². The van der Waals surface area contributed by atoms with E-state index in [0.29, 0.717) is 10.2 Å². The number of pyridine rings is 1. The number of ether oxygens (including phenoxy) is 1. The van der Waals surface area contributed by atoms with Gasteiger partial charge in [0.2, 0.25) is 0 Å². The quantitative estimate of drug-likeness (QED) is 0.618. The Morgan fingerprint density at radius 2 is 2.13 bits per heavy atom. The second-order valence-corrected chi connectivity index (χ2v) is 4.24. The van der Waals surface area contributed by atoms with E-state index in [9.17, 15) is 4.79 Å². The Hall–Kier alpha value is -0.320. The van der Waals surface area contributed by atoms with Gasteiger partial charge in [-0.05, 0) is 29.8 Å². The van der Waals surface area contributed by atoms with Gasteiger partial charge in [0.25, 0.3) is 0 Å². The van der Waals surface area contributed by atoms with Crippen molar-refractivity contribution in [2.45, 2.75) is 13.8 Å². The van der Waals surface area contributed by atoms with Crippen LogP contribution in [0.2, 0.25) is 10.2 Å². The van der Waals surface area contributed by atoms with Crippen molar-refractivity contribution in [1.29, 1.82) is 0 Å². The fraction of sp³-hybridized carbons (Fsp3) is 0.333. The highest BCUT2D eigenvalue weighted by Gasteiger charge is 2.20. The molecule has 1 aromatic heterocycles. The Labute approximate surface area is 106 Å². The Kier molecular flexibility index (Phi) is 4.37. The highest BCUT2D eigenvalue weighted by Crippen LogP contribution is 2.33. The third-order valence-corrected chi connectivity index (χ3v) is 3.58. The SMILES string of the molecule is CCOC(=O)c1c(C)nc(Cl)c(Br)c1Cl. The minimum atomic E-state index is -0.495. The molecular weight excluding hydrogens is 305 g/mol. The molecule has 1 aromatic rings. The van der Waals surface area contributed by atoms with Crippen LogP contribution in [-0.2, 0) is 4.74 Å². The number of hydrogen-bond acceptors (Lipinski definition) is 3. The molecule has 1 heterocycles. The van der Waals surface area contributed by atoms with Gasteiger partial charge in [-0.3, -0.25) is 0 Å². The third-order valence-electron chi connectivity index (χ3n) is 1.70. The van der Waals surface area contributed by atoms with Crippen molar-refractivity contribution in [3.8, 4) is 0 Å². The Bertz CT molecular complexity index is 410. The summed E-state index contributed by atoms with van der Waals surface area (Å²) in [5.41, 5.74) is 0.696. The van der Waals surface area contributed by atoms with Gasteiger partial charge in [-0.15, -0.1) is 0 Å². The molecule has 82 valence electrons. The average Bonchev–Trinajstić information content (AvgIpc) is 2.15. The molecule has 0 radical (unpaired) electrons. The fourth-order valence-electron chi connectivity index (χ4n) is 1.05. The number of aromatic nitrogens is 1. The van der Waals surface area contributed by atoms with E-state index in [2.05, 4.69) is 20.9 Å². The second kappa shape index (κ2) is 5.14. The van der Waals surface area contributed by atoms with E-state index >= 15 is 0 Å². The lowest BCUT2D eigenvalue weighted by Crippen LogP contribution is -2.09. The summed E-state index contributed by atoms with van der Waals surface area (Å²) in [6.45, 7) is 3.66. The smallest absolute Gasteiger partial charge is 0.341 e. The van der Waals surface area contributed by atoms with Gasteiger partial charge in [0.1, 0.15) is 10.7 Å². The molecule has 3 nitrogen and oxygen atoms in total. The van der Waals surface area contributed by atoms with Crippen molar-refractivity contribution < 1.29 is 9.53 Å². The molecule has 0 spiro atoms. The molecule has 0 saturated carbocycles. The van der Waals surface area contributed by atoms with Gasteiger partial charge < -0.3 is 4.74 Å². The molecule has 0 amide bonds. The van der Waals surface area contributed by atoms with Crippen LogP contribution >= 0.6 is 39.1 Å². The van der Waals surface area contributed by atoms with Crippen LogP contribution in [0, 0.1) is 6.92 Å². The van der Waals surface area contributed by atoms with E-state index in [4.69, 9.17) is 27.9 Å². The molecule has 0 aliphatic rings. The first-order chi connectivity index (χ1) is 6.99. The monoisotopic (exact) mass is 311 g/mol. The molecule has 0 fully saturated rings. The average molecular weight is 313 g/mol. The molecule has 0 bridgehead atoms. The van der Waals surface area contributed by atoms with Gasteiger partial charge in [-0.25, -0.2) is 9.78 Å². The molecule has 0 atom stereocenters. The van der Waals surface area contributed by atoms with Crippen LogP contribution in [0.15, 0.2) is 4.47 Å². The number of carbonyl (C=O) groups excluding carboxylic acids is 1. The van der Waals surface area contributed by atoms with Crippen molar-refractivity contribution in [1.82, 2.24) is 4.98 Å². The molecule has 6 heteroatoms. The van der Waals surface area contributed by atoms with Crippen molar-refractivity contribution >= 4 is 45.1 Å². The standard InChI is InChI=1S/C9H8BrCl2NO2/c1-3-15-9(14)5-4(2)13-8(12)6(10)7(5)11/h3H2,1-2H3. The predicted molar refractivity (Wildman–Crippen MR) is 62.7 cm³/mol. The Morgan fingerprint density at radius 3 is 2.67 bits per heavy atom. The first kappa shape index (κ1) is 12.7. The zero-order valence-electron chi connectivity index (χ0n) is 8.10. The Balaban J connectivity index is 3.29.